The van der Waals surface area contributed by atoms with Gasteiger partial charge >= 0.3 is 0 Å². The fraction of sp³-hybridized carbons (Fsp3) is 0.500. The quantitative estimate of drug-likeness (QED) is 0.658. The number of ether oxygens (including phenoxy) is 1. The van der Waals surface area contributed by atoms with Crippen LogP contribution in [0.1, 0.15) is 18.4 Å². The van der Waals surface area contributed by atoms with E-state index in [9.17, 15) is 14.5 Å². The highest BCUT2D eigenvalue weighted by molar-refractivity contribution is 5.41. The number of hydrogen-bond acceptors (Lipinski definition) is 4. The van der Waals surface area contributed by atoms with Gasteiger partial charge in [0.1, 0.15) is 5.82 Å². The minimum absolute atomic E-state index is 0.0909. The minimum atomic E-state index is -0.642. The predicted molar refractivity (Wildman–Crippen MR) is 63.7 cm³/mol. The van der Waals surface area contributed by atoms with Crippen molar-refractivity contribution < 1.29 is 14.1 Å². The summed E-state index contributed by atoms with van der Waals surface area (Å²) in [6, 6.07) is 3.45. The molecule has 1 heterocycles. The van der Waals surface area contributed by atoms with Crippen LogP contribution in [-0.2, 0) is 11.2 Å². The summed E-state index contributed by atoms with van der Waals surface area (Å²) in [7, 11) is 0. The van der Waals surface area contributed by atoms with Gasteiger partial charge in [0.2, 0.25) is 0 Å². The van der Waals surface area contributed by atoms with E-state index in [0.717, 1.165) is 18.9 Å². The molecule has 0 bridgehead atoms. The van der Waals surface area contributed by atoms with Gasteiger partial charge in [0.15, 0.2) is 0 Å². The minimum Gasteiger partial charge on any atom is -0.380 e. The molecule has 5 nitrogen and oxygen atoms in total. The lowest BCUT2D eigenvalue weighted by Crippen LogP contribution is -2.49. The second-order valence-electron chi connectivity index (χ2n) is 4.73. The zero-order valence-corrected chi connectivity index (χ0v) is 9.89. The van der Waals surface area contributed by atoms with Gasteiger partial charge in [-0.2, -0.15) is 0 Å². The molecule has 1 aromatic carbocycles. The van der Waals surface area contributed by atoms with Crippen molar-refractivity contribution in [3.8, 4) is 0 Å². The average Bonchev–Trinajstić information content (AvgIpc) is 2.28. The van der Waals surface area contributed by atoms with Gasteiger partial charge in [-0.1, -0.05) is 0 Å². The van der Waals surface area contributed by atoms with E-state index in [1.807, 2.05) is 0 Å². The van der Waals surface area contributed by atoms with Crippen LogP contribution in [0.5, 0.6) is 0 Å². The summed E-state index contributed by atoms with van der Waals surface area (Å²) in [6.07, 6.45) is 1.79. The molecule has 98 valence electrons. The maximum atomic E-state index is 13.2. The van der Waals surface area contributed by atoms with Crippen LogP contribution in [0, 0.1) is 15.9 Å². The molecular weight excluding hydrogens is 239 g/mol. The summed E-state index contributed by atoms with van der Waals surface area (Å²) in [5.41, 5.74) is 5.73. The third-order valence-corrected chi connectivity index (χ3v) is 3.13. The first-order valence-corrected chi connectivity index (χ1v) is 5.80. The van der Waals surface area contributed by atoms with Crippen LogP contribution in [-0.4, -0.2) is 23.7 Å². The van der Waals surface area contributed by atoms with E-state index in [1.54, 1.807) is 0 Å². The number of benzene rings is 1. The molecule has 1 atom stereocenters. The molecule has 0 radical (unpaired) electrons. The van der Waals surface area contributed by atoms with Crippen molar-refractivity contribution in [2.24, 2.45) is 5.73 Å². The fourth-order valence-corrected chi connectivity index (χ4v) is 2.27. The smallest absolute Gasteiger partial charge is 0.272 e. The van der Waals surface area contributed by atoms with Crippen LogP contribution in [0.3, 0.4) is 0 Å². The number of nitro groups is 1. The van der Waals surface area contributed by atoms with Crippen molar-refractivity contribution in [2.45, 2.75) is 24.8 Å². The number of nitro benzene ring substituents is 1. The van der Waals surface area contributed by atoms with Crippen LogP contribution in [0.25, 0.3) is 0 Å². The first-order valence-electron chi connectivity index (χ1n) is 5.80. The van der Waals surface area contributed by atoms with Crippen molar-refractivity contribution in [2.75, 3.05) is 13.2 Å². The second kappa shape index (κ2) is 4.99. The number of halogens is 1. The van der Waals surface area contributed by atoms with Crippen LogP contribution < -0.4 is 5.73 Å². The number of nitrogens with zero attached hydrogens (tertiary/aromatic N) is 1. The third kappa shape index (κ3) is 2.83. The largest absolute Gasteiger partial charge is 0.380 e. The Bertz CT molecular complexity index is 459. The van der Waals surface area contributed by atoms with Crippen molar-refractivity contribution in [3.63, 3.8) is 0 Å². The Morgan fingerprint density at radius 3 is 2.94 bits per heavy atom. The molecule has 1 aromatic rings. The maximum Gasteiger partial charge on any atom is 0.272 e. The number of hydrogen-bond donors (Lipinski definition) is 1. The summed E-state index contributed by atoms with van der Waals surface area (Å²) in [5, 5.41) is 10.9. The number of nitrogens with two attached hydrogens (primary N) is 1. The molecule has 2 N–H and O–H groups in total. The van der Waals surface area contributed by atoms with Gasteiger partial charge < -0.3 is 10.5 Å². The highest BCUT2D eigenvalue weighted by Crippen LogP contribution is 2.27. The molecule has 0 spiro atoms. The molecule has 1 aliphatic heterocycles. The van der Waals surface area contributed by atoms with Gasteiger partial charge in [-0.15, -0.1) is 0 Å². The predicted octanol–water partition coefficient (Wildman–Crippen LogP) is 1.78. The first-order chi connectivity index (χ1) is 8.50. The molecular formula is C12H15FN2O3. The summed E-state index contributed by atoms with van der Waals surface area (Å²) in [6.45, 7) is 1.00. The SMILES string of the molecule is NC1(Cc2cc(F)ccc2[N+](=O)[O-])CCCOC1. The van der Waals surface area contributed by atoms with Crippen LogP contribution >= 0.6 is 0 Å². The second-order valence-corrected chi connectivity index (χ2v) is 4.73. The monoisotopic (exact) mass is 254 g/mol. The molecule has 1 aliphatic rings. The molecule has 0 amide bonds. The van der Waals surface area contributed by atoms with Gasteiger partial charge in [-0.3, -0.25) is 10.1 Å². The third-order valence-electron chi connectivity index (χ3n) is 3.13. The molecule has 1 saturated heterocycles. The molecule has 6 heteroatoms. The average molecular weight is 254 g/mol. The zero-order chi connectivity index (χ0) is 13.2. The lowest BCUT2D eigenvalue weighted by Gasteiger charge is -2.33. The van der Waals surface area contributed by atoms with Crippen LogP contribution in [0.4, 0.5) is 10.1 Å². The van der Waals surface area contributed by atoms with E-state index >= 15 is 0 Å². The Hall–Kier alpha value is -1.53. The van der Waals surface area contributed by atoms with Gasteiger partial charge in [0, 0.05) is 23.8 Å². The maximum absolute atomic E-state index is 13.2. The lowest BCUT2D eigenvalue weighted by molar-refractivity contribution is -0.385. The fourth-order valence-electron chi connectivity index (χ4n) is 2.27. The van der Waals surface area contributed by atoms with E-state index in [2.05, 4.69) is 0 Å². The molecule has 0 aliphatic carbocycles. The lowest BCUT2D eigenvalue weighted by atomic mass is 9.86. The van der Waals surface area contributed by atoms with Gasteiger partial charge in [-0.25, -0.2) is 4.39 Å². The van der Waals surface area contributed by atoms with Gasteiger partial charge in [0.05, 0.1) is 11.5 Å². The summed E-state index contributed by atoms with van der Waals surface area (Å²) < 4.78 is 18.5. The number of rotatable bonds is 3. The van der Waals surface area contributed by atoms with E-state index < -0.39 is 16.3 Å². The molecule has 1 fully saturated rings. The Morgan fingerprint density at radius 1 is 1.56 bits per heavy atom. The topological polar surface area (TPSA) is 78.4 Å². The highest BCUT2D eigenvalue weighted by Gasteiger charge is 2.31. The highest BCUT2D eigenvalue weighted by atomic mass is 19.1. The van der Waals surface area contributed by atoms with Crippen molar-refractivity contribution in [3.05, 3.63) is 39.7 Å². The summed E-state index contributed by atoms with van der Waals surface area (Å²) >= 11 is 0. The standard InChI is InChI=1S/C12H15FN2O3/c13-10-2-3-11(15(16)17)9(6-10)7-12(14)4-1-5-18-8-12/h2-3,6H,1,4-5,7-8,14H2. The van der Waals surface area contributed by atoms with Crippen LogP contribution in [0.2, 0.25) is 0 Å². The summed E-state index contributed by atoms with van der Waals surface area (Å²) in [4.78, 5) is 10.4. The van der Waals surface area contributed by atoms with Gasteiger partial charge in [0.25, 0.3) is 5.69 Å². The van der Waals surface area contributed by atoms with E-state index in [0.29, 0.717) is 18.8 Å². The molecule has 18 heavy (non-hydrogen) atoms. The van der Waals surface area contributed by atoms with E-state index in [1.165, 1.54) is 12.1 Å². The Morgan fingerprint density at radius 2 is 2.33 bits per heavy atom. The molecule has 2 rings (SSSR count). The van der Waals surface area contributed by atoms with Crippen LogP contribution in [0.15, 0.2) is 18.2 Å². The first kappa shape index (κ1) is 12.9. The Balaban J connectivity index is 2.26. The molecule has 0 saturated carbocycles. The Kier molecular flexibility index (Phi) is 3.58. The Labute approximate surface area is 104 Å². The molecule has 1 unspecified atom stereocenters. The van der Waals surface area contributed by atoms with E-state index in [-0.39, 0.29) is 12.1 Å². The van der Waals surface area contributed by atoms with Crippen molar-refractivity contribution >= 4 is 5.69 Å². The van der Waals surface area contributed by atoms with Gasteiger partial charge in [-0.05, 0) is 31.4 Å². The zero-order valence-electron chi connectivity index (χ0n) is 9.89. The normalized spacial score (nSPS) is 23.9. The molecule has 0 aromatic heterocycles. The van der Waals surface area contributed by atoms with Crippen molar-refractivity contribution in [1.29, 1.82) is 0 Å². The van der Waals surface area contributed by atoms with E-state index in [4.69, 9.17) is 10.5 Å². The van der Waals surface area contributed by atoms with Crippen molar-refractivity contribution in [1.82, 2.24) is 0 Å². The summed E-state index contributed by atoms with van der Waals surface area (Å²) in [5.74, 6) is -0.490.